The monoisotopic (exact) mass is 228 g/mol. The summed E-state index contributed by atoms with van der Waals surface area (Å²) in [6.07, 6.45) is 2.90. The van der Waals surface area contributed by atoms with Crippen LogP contribution < -0.4 is 5.32 Å². The Morgan fingerprint density at radius 1 is 1.29 bits per heavy atom. The zero-order valence-corrected chi connectivity index (χ0v) is 9.11. The minimum atomic E-state index is -0.347. The van der Waals surface area contributed by atoms with Crippen molar-refractivity contribution in [3.8, 4) is 6.07 Å². The summed E-state index contributed by atoms with van der Waals surface area (Å²) < 4.78 is 13.1. The highest BCUT2D eigenvalue weighted by molar-refractivity contribution is 5.63. The second kappa shape index (κ2) is 4.58. The quantitative estimate of drug-likeness (QED) is 0.857. The van der Waals surface area contributed by atoms with Crippen LogP contribution in [0.5, 0.6) is 0 Å². The van der Waals surface area contributed by atoms with Crippen LogP contribution in [-0.4, -0.2) is 9.97 Å². The number of aromatic nitrogens is 2. The first-order valence-electron chi connectivity index (χ1n) is 4.95. The van der Waals surface area contributed by atoms with Crippen LogP contribution in [0.25, 0.3) is 0 Å². The van der Waals surface area contributed by atoms with Gasteiger partial charge in [-0.1, -0.05) is 6.07 Å². The minimum Gasteiger partial charge on any atom is -0.337 e. The average Bonchev–Trinajstić information content (AvgIpc) is 2.34. The van der Waals surface area contributed by atoms with Gasteiger partial charge in [-0.2, -0.15) is 5.26 Å². The molecule has 0 aliphatic rings. The Balaban J connectivity index is 2.38. The molecule has 0 spiro atoms. The molecule has 0 saturated carbocycles. The van der Waals surface area contributed by atoms with Gasteiger partial charge in [-0.05, 0) is 24.6 Å². The fourth-order valence-corrected chi connectivity index (χ4v) is 1.37. The number of rotatable bonds is 2. The molecule has 0 radical (unpaired) electrons. The number of anilines is 2. The van der Waals surface area contributed by atoms with E-state index in [1.54, 1.807) is 6.07 Å². The van der Waals surface area contributed by atoms with E-state index in [2.05, 4.69) is 15.3 Å². The lowest BCUT2D eigenvalue weighted by atomic mass is 10.2. The Morgan fingerprint density at radius 3 is 2.82 bits per heavy atom. The number of nitrogens with one attached hydrogen (secondary N) is 1. The van der Waals surface area contributed by atoms with E-state index < -0.39 is 0 Å². The average molecular weight is 228 g/mol. The van der Waals surface area contributed by atoms with Crippen LogP contribution in [0.1, 0.15) is 11.3 Å². The fraction of sp³-hybridized carbons (Fsp3) is 0.0833. The zero-order valence-electron chi connectivity index (χ0n) is 9.11. The third-order valence-corrected chi connectivity index (χ3v) is 2.26. The molecule has 84 valence electrons. The van der Waals surface area contributed by atoms with Gasteiger partial charge in [-0.15, -0.1) is 0 Å². The zero-order chi connectivity index (χ0) is 12.3. The van der Waals surface area contributed by atoms with Crippen molar-refractivity contribution in [2.24, 2.45) is 0 Å². The molecule has 0 bridgehead atoms. The fourth-order valence-electron chi connectivity index (χ4n) is 1.37. The van der Waals surface area contributed by atoms with Crippen LogP contribution in [-0.2, 0) is 0 Å². The Hall–Kier alpha value is -2.48. The SMILES string of the molecule is Cc1ccc(F)cc1Nc1nccnc1C#N. The summed E-state index contributed by atoms with van der Waals surface area (Å²) in [5.41, 5.74) is 1.61. The Bertz CT molecular complexity index is 589. The van der Waals surface area contributed by atoms with E-state index in [4.69, 9.17) is 5.26 Å². The van der Waals surface area contributed by atoms with E-state index in [9.17, 15) is 4.39 Å². The maximum Gasteiger partial charge on any atom is 0.183 e. The van der Waals surface area contributed by atoms with Gasteiger partial charge in [0.2, 0.25) is 0 Å². The van der Waals surface area contributed by atoms with Gasteiger partial charge in [-0.3, -0.25) is 0 Å². The molecule has 1 aromatic carbocycles. The molecule has 0 unspecified atom stereocenters. The molecule has 1 N–H and O–H groups in total. The molecule has 5 heteroatoms. The maximum absolute atomic E-state index is 13.1. The number of hydrogen-bond donors (Lipinski definition) is 1. The summed E-state index contributed by atoms with van der Waals surface area (Å²) in [5, 5.41) is 11.8. The topological polar surface area (TPSA) is 61.6 Å². The van der Waals surface area contributed by atoms with E-state index in [1.165, 1.54) is 24.5 Å². The molecular formula is C12H9FN4. The molecule has 0 amide bonds. The van der Waals surface area contributed by atoms with Crippen LogP contribution in [0.2, 0.25) is 0 Å². The third-order valence-electron chi connectivity index (χ3n) is 2.26. The van der Waals surface area contributed by atoms with Crippen molar-refractivity contribution < 1.29 is 4.39 Å². The first kappa shape index (κ1) is 11.0. The number of nitriles is 1. The Morgan fingerprint density at radius 2 is 2.06 bits per heavy atom. The molecule has 4 nitrogen and oxygen atoms in total. The van der Waals surface area contributed by atoms with Crippen molar-refractivity contribution >= 4 is 11.5 Å². The molecular weight excluding hydrogens is 219 g/mol. The third kappa shape index (κ3) is 2.37. The van der Waals surface area contributed by atoms with Crippen molar-refractivity contribution in [3.63, 3.8) is 0 Å². The molecule has 1 heterocycles. The Labute approximate surface area is 97.8 Å². The van der Waals surface area contributed by atoms with Gasteiger partial charge in [0, 0.05) is 18.1 Å². The van der Waals surface area contributed by atoms with E-state index in [0.717, 1.165) is 5.56 Å². The molecule has 17 heavy (non-hydrogen) atoms. The molecule has 0 fully saturated rings. The van der Waals surface area contributed by atoms with Crippen molar-refractivity contribution in [1.82, 2.24) is 9.97 Å². The van der Waals surface area contributed by atoms with Gasteiger partial charge in [0.05, 0.1) is 0 Å². The molecule has 1 aromatic heterocycles. The molecule has 0 atom stereocenters. The lowest BCUT2D eigenvalue weighted by molar-refractivity contribution is 0.628. The molecule has 0 saturated heterocycles. The van der Waals surface area contributed by atoms with E-state index in [1.807, 2.05) is 13.0 Å². The summed E-state index contributed by atoms with van der Waals surface area (Å²) in [5.74, 6) is -0.0239. The van der Waals surface area contributed by atoms with Crippen molar-refractivity contribution in [3.05, 3.63) is 47.7 Å². The van der Waals surface area contributed by atoms with Gasteiger partial charge in [0.15, 0.2) is 11.5 Å². The first-order chi connectivity index (χ1) is 8.20. The highest BCUT2D eigenvalue weighted by Gasteiger charge is 2.06. The molecule has 0 aliphatic heterocycles. The van der Waals surface area contributed by atoms with Gasteiger partial charge >= 0.3 is 0 Å². The lowest BCUT2D eigenvalue weighted by Crippen LogP contribution is -2.00. The molecule has 0 aliphatic carbocycles. The summed E-state index contributed by atoms with van der Waals surface area (Å²) in [6.45, 7) is 1.84. The highest BCUT2D eigenvalue weighted by Crippen LogP contribution is 2.21. The highest BCUT2D eigenvalue weighted by atomic mass is 19.1. The van der Waals surface area contributed by atoms with Crippen LogP contribution in [0.4, 0.5) is 15.9 Å². The summed E-state index contributed by atoms with van der Waals surface area (Å²) in [7, 11) is 0. The minimum absolute atomic E-state index is 0.177. The van der Waals surface area contributed by atoms with Gasteiger partial charge in [-0.25, -0.2) is 14.4 Å². The predicted octanol–water partition coefficient (Wildman–Crippen LogP) is 2.54. The second-order valence-corrected chi connectivity index (χ2v) is 3.45. The number of nitrogens with zero attached hydrogens (tertiary/aromatic N) is 3. The summed E-state index contributed by atoms with van der Waals surface area (Å²) >= 11 is 0. The first-order valence-corrected chi connectivity index (χ1v) is 4.95. The largest absolute Gasteiger partial charge is 0.337 e. The number of benzene rings is 1. The maximum atomic E-state index is 13.1. The van der Waals surface area contributed by atoms with Crippen molar-refractivity contribution in [2.75, 3.05) is 5.32 Å². The summed E-state index contributed by atoms with van der Waals surface area (Å²) in [4.78, 5) is 7.86. The van der Waals surface area contributed by atoms with Crippen LogP contribution >= 0.6 is 0 Å². The second-order valence-electron chi connectivity index (χ2n) is 3.45. The lowest BCUT2D eigenvalue weighted by Gasteiger charge is -2.09. The molecule has 2 rings (SSSR count). The van der Waals surface area contributed by atoms with Crippen LogP contribution in [0.3, 0.4) is 0 Å². The Kier molecular flexibility index (Phi) is 2.97. The predicted molar refractivity (Wildman–Crippen MR) is 61.2 cm³/mol. The van der Waals surface area contributed by atoms with Crippen LogP contribution in [0, 0.1) is 24.1 Å². The van der Waals surface area contributed by atoms with E-state index in [-0.39, 0.29) is 11.5 Å². The number of aryl methyl sites for hydroxylation is 1. The van der Waals surface area contributed by atoms with Crippen molar-refractivity contribution in [1.29, 1.82) is 5.26 Å². The van der Waals surface area contributed by atoms with Gasteiger partial charge in [0.25, 0.3) is 0 Å². The van der Waals surface area contributed by atoms with Crippen LogP contribution in [0.15, 0.2) is 30.6 Å². The van der Waals surface area contributed by atoms with E-state index >= 15 is 0 Å². The number of hydrogen-bond acceptors (Lipinski definition) is 4. The van der Waals surface area contributed by atoms with Gasteiger partial charge in [0.1, 0.15) is 11.9 Å². The van der Waals surface area contributed by atoms with Crippen molar-refractivity contribution in [2.45, 2.75) is 6.92 Å². The van der Waals surface area contributed by atoms with Gasteiger partial charge < -0.3 is 5.32 Å². The normalized spacial score (nSPS) is 9.71. The van der Waals surface area contributed by atoms with E-state index in [0.29, 0.717) is 11.5 Å². The standard InChI is InChI=1S/C12H9FN4/c1-8-2-3-9(13)6-10(8)17-12-11(7-14)15-4-5-16-12/h2-6H,1H3,(H,16,17). The smallest absolute Gasteiger partial charge is 0.183 e. The molecule has 2 aromatic rings. The number of halogens is 1. The summed E-state index contributed by atoms with van der Waals surface area (Å²) in [6, 6.07) is 6.30.